The number of benzene rings is 3. The minimum atomic E-state index is -1.18. The third-order valence-electron chi connectivity index (χ3n) is 6.51. The molecule has 3 aromatic carbocycles. The Bertz CT molecular complexity index is 1460. The third-order valence-corrected chi connectivity index (χ3v) is 8.21. The quantitative estimate of drug-likeness (QED) is 0.113. The summed E-state index contributed by atoms with van der Waals surface area (Å²) in [6, 6.07) is 21.2. The molecule has 0 radical (unpaired) electrons. The summed E-state index contributed by atoms with van der Waals surface area (Å²) in [4.78, 5) is 17.6. The van der Waals surface area contributed by atoms with Gasteiger partial charge in [-0.2, -0.15) is 0 Å². The van der Waals surface area contributed by atoms with Gasteiger partial charge in [-0.15, -0.1) is 0 Å². The molecule has 1 unspecified atom stereocenters. The van der Waals surface area contributed by atoms with E-state index in [9.17, 15) is 9.00 Å². The van der Waals surface area contributed by atoms with Crippen molar-refractivity contribution in [1.82, 2.24) is 9.55 Å². The lowest BCUT2D eigenvalue weighted by Crippen LogP contribution is -2.05. The van der Waals surface area contributed by atoms with Crippen molar-refractivity contribution in [2.75, 3.05) is 6.61 Å². The monoisotopic (exact) mass is 574 g/mol. The molecule has 4 rings (SSSR count). The summed E-state index contributed by atoms with van der Waals surface area (Å²) in [6.07, 6.45) is 10.3. The largest absolute Gasteiger partial charge is 0.494 e. The van der Waals surface area contributed by atoms with Crippen molar-refractivity contribution in [3.63, 3.8) is 0 Å². The van der Waals surface area contributed by atoms with Gasteiger partial charge in [0.25, 0.3) is 0 Å². The molecule has 0 fully saturated rings. The van der Waals surface area contributed by atoms with E-state index in [1.165, 1.54) is 0 Å². The first-order valence-electron chi connectivity index (χ1n) is 13.7. The molecule has 0 aliphatic heterocycles. The van der Waals surface area contributed by atoms with Gasteiger partial charge in [0.1, 0.15) is 5.75 Å². The minimum absolute atomic E-state index is 0.0348. The number of carbonyl (C=O) groups is 1. The van der Waals surface area contributed by atoms with Gasteiger partial charge in [0.15, 0.2) is 5.78 Å². The first-order chi connectivity index (χ1) is 19.5. The summed E-state index contributed by atoms with van der Waals surface area (Å²) >= 11 is 6.43. The van der Waals surface area contributed by atoms with Crippen LogP contribution in [-0.2, 0) is 34.3 Å². The van der Waals surface area contributed by atoms with Crippen LogP contribution in [0.25, 0.3) is 17.2 Å². The van der Waals surface area contributed by atoms with Gasteiger partial charge in [0.2, 0.25) is 0 Å². The number of hydrogen-bond donors (Lipinski definition) is 0. The zero-order chi connectivity index (χ0) is 28.3. The molecule has 0 amide bonds. The summed E-state index contributed by atoms with van der Waals surface area (Å²) in [5, 5.41) is 0.583. The molecule has 5 nitrogen and oxygen atoms in total. The van der Waals surface area contributed by atoms with Gasteiger partial charge in [-0.25, -0.2) is 4.98 Å². The third kappa shape index (κ3) is 8.26. The standard InChI is InChI=1S/C33H35ClN2O3S/c1-3-5-19-39-31-13-9-26(10-14-31)27-11-17-33(34)28(21-27)8-12-30(37)20-25-6-15-32(16-7-25)40(38)23-29-22-35-24-36(29)18-4-2/h6-17,21-22,24H,3-5,18-20,23H2,1-2H3/b12-8+. The van der Waals surface area contributed by atoms with Crippen LogP contribution in [0, 0.1) is 0 Å². The van der Waals surface area contributed by atoms with Crippen molar-refractivity contribution in [3.8, 4) is 16.9 Å². The SMILES string of the molecule is CCCCOc1ccc(-c2ccc(Cl)c(/C=C/C(=O)Cc3ccc(S(=O)Cc4cncn4CCC)cc3)c2)cc1. The molecular weight excluding hydrogens is 540 g/mol. The molecule has 0 aliphatic carbocycles. The Kier molecular flexibility index (Phi) is 10.9. The maximum Gasteiger partial charge on any atom is 0.160 e. The molecule has 0 aliphatic rings. The van der Waals surface area contributed by atoms with Crippen molar-refractivity contribution in [2.45, 2.75) is 56.7 Å². The lowest BCUT2D eigenvalue weighted by molar-refractivity contribution is -0.113. The van der Waals surface area contributed by atoms with Gasteiger partial charge in [-0.3, -0.25) is 9.00 Å². The number of carbonyl (C=O) groups excluding carboxylic acids is 1. The summed E-state index contributed by atoms with van der Waals surface area (Å²) in [5.41, 5.74) is 4.67. The molecule has 208 valence electrons. The highest BCUT2D eigenvalue weighted by Crippen LogP contribution is 2.28. The van der Waals surface area contributed by atoms with Gasteiger partial charge in [-0.05, 0) is 83.6 Å². The molecule has 7 heteroatoms. The fourth-order valence-corrected chi connectivity index (χ4v) is 5.55. The zero-order valence-corrected chi connectivity index (χ0v) is 24.6. The maximum atomic E-state index is 12.9. The first-order valence-corrected chi connectivity index (χ1v) is 15.4. The number of nitrogens with zero attached hydrogens (tertiary/aromatic N) is 2. The molecule has 1 atom stereocenters. The van der Waals surface area contributed by atoms with Crippen LogP contribution < -0.4 is 4.74 Å². The van der Waals surface area contributed by atoms with E-state index >= 15 is 0 Å². The number of halogens is 1. The highest BCUT2D eigenvalue weighted by Gasteiger charge is 2.10. The van der Waals surface area contributed by atoms with Gasteiger partial charge < -0.3 is 9.30 Å². The van der Waals surface area contributed by atoms with Crippen molar-refractivity contribution < 1.29 is 13.7 Å². The Hall–Kier alpha value is -3.48. The lowest BCUT2D eigenvalue weighted by atomic mass is 10.0. The predicted molar refractivity (Wildman–Crippen MR) is 164 cm³/mol. The number of imidazole rings is 1. The average Bonchev–Trinajstić information content (AvgIpc) is 3.40. The van der Waals surface area contributed by atoms with Crippen molar-refractivity contribution in [2.24, 2.45) is 0 Å². The van der Waals surface area contributed by atoms with Crippen LogP contribution in [0.1, 0.15) is 49.9 Å². The van der Waals surface area contributed by atoms with Gasteiger partial charge >= 0.3 is 0 Å². The second-order valence-corrected chi connectivity index (χ2v) is 11.5. The molecule has 0 spiro atoms. The van der Waals surface area contributed by atoms with Crippen LogP contribution in [0.5, 0.6) is 5.75 Å². The van der Waals surface area contributed by atoms with Crippen LogP contribution >= 0.6 is 11.6 Å². The van der Waals surface area contributed by atoms with Crippen molar-refractivity contribution in [3.05, 3.63) is 107 Å². The van der Waals surface area contributed by atoms with Crippen molar-refractivity contribution in [1.29, 1.82) is 0 Å². The van der Waals surface area contributed by atoms with E-state index < -0.39 is 10.8 Å². The maximum absolute atomic E-state index is 12.9. The zero-order valence-electron chi connectivity index (χ0n) is 23.0. The lowest BCUT2D eigenvalue weighted by Gasteiger charge is -2.08. The smallest absolute Gasteiger partial charge is 0.160 e. The Balaban J connectivity index is 1.35. The highest BCUT2D eigenvalue weighted by molar-refractivity contribution is 7.84. The topological polar surface area (TPSA) is 61.2 Å². The Morgan fingerprint density at radius 3 is 2.48 bits per heavy atom. The molecule has 4 aromatic rings. The van der Waals surface area contributed by atoms with Crippen LogP contribution in [0.3, 0.4) is 0 Å². The second-order valence-electron chi connectivity index (χ2n) is 9.65. The normalized spacial score (nSPS) is 12.1. The Labute approximate surface area is 244 Å². The van der Waals surface area contributed by atoms with Gasteiger partial charge in [-0.1, -0.05) is 62.2 Å². The van der Waals surface area contributed by atoms with Gasteiger partial charge in [0.05, 0.1) is 35.2 Å². The van der Waals surface area contributed by atoms with Crippen LogP contribution in [-0.4, -0.2) is 26.2 Å². The summed E-state index contributed by atoms with van der Waals surface area (Å²) in [6.45, 7) is 5.82. The second kappa shape index (κ2) is 14.8. The number of rotatable bonds is 14. The first kappa shape index (κ1) is 29.5. The molecule has 1 aromatic heterocycles. The number of allylic oxidation sites excluding steroid dienone is 1. The molecule has 0 N–H and O–H groups in total. The van der Waals surface area contributed by atoms with E-state index in [0.29, 0.717) is 10.8 Å². The number of aryl methyl sites for hydroxylation is 1. The molecule has 0 bridgehead atoms. The summed E-state index contributed by atoms with van der Waals surface area (Å²) in [7, 11) is -1.18. The summed E-state index contributed by atoms with van der Waals surface area (Å²) < 4.78 is 20.7. The molecular formula is C33H35ClN2O3S. The highest BCUT2D eigenvalue weighted by atomic mass is 35.5. The van der Waals surface area contributed by atoms with Crippen LogP contribution in [0.2, 0.25) is 5.02 Å². The van der Waals surface area contributed by atoms with E-state index in [0.717, 1.165) is 71.0 Å². The molecule has 0 saturated heterocycles. The molecule has 0 saturated carbocycles. The Morgan fingerprint density at radius 1 is 1.00 bits per heavy atom. The molecule has 1 heterocycles. The minimum Gasteiger partial charge on any atom is -0.494 e. The number of ether oxygens (including phenoxy) is 1. The van der Waals surface area contributed by atoms with E-state index in [-0.39, 0.29) is 12.2 Å². The van der Waals surface area contributed by atoms with Crippen LogP contribution in [0.4, 0.5) is 0 Å². The number of ketones is 1. The summed E-state index contributed by atoms with van der Waals surface area (Å²) in [5.74, 6) is 1.24. The molecule has 40 heavy (non-hydrogen) atoms. The van der Waals surface area contributed by atoms with Gasteiger partial charge in [0, 0.05) is 29.1 Å². The fourth-order valence-electron chi connectivity index (χ4n) is 4.26. The number of hydrogen-bond acceptors (Lipinski definition) is 4. The number of aromatic nitrogens is 2. The van der Waals surface area contributed by atoms with Crippen molar-refractivity contribution >= 4 is 34.3 Å². The predicted octanol–water partition coefficient (Wildman–Crippen LogP) is 7.93. The fraction of sp³-hybridized carbons (Fsp3) is 0.273. The van der Waals surface area contributed by atoms with E-state index in [1.54, 1.807) is 24.7 Å². The van der Waals surface area contributed by atoms with E-state index in [4.69, 9.17) is 16.3 Å². The Morgan fingerprint density at radius 2 is 1.75 bits per heavy atom. The average molecular weight is 575 g/mol. The number of unbranched alkanes of at least 4 members (excludes halogenated alkanes) is 1. The van der Waals surface area contributed by atoms with E-state index in [1.807, 2.05) is 71.3 Å². The van der Waals surface area contributed by atoms with Crippen LogP contribution in [0.15, 0.2) is 90.2 Å². The van der Waals surface area contributed by atoms with E-state index in [2.05, 4.69) is 18.8 Å².